The molecule has 0 radical (unpaired) electrons. The number of aromatic nitrogens is 5. The van der Waals surface area contributed by atoms with Crippen molar-refractivity contribution in [2.45, 2.75) is 26.5 Å². The molecule has 5 aromatic rings. The molecule has 0 aliphatic heterocycles. The fraction of sp³-hybridized carbons (Fsp3) is 0.185. The lowest BCUT2D eigenvalue weighted by atomic mass is 10.2. The van der Waals surface area contributed by atoms with E-state index in [-0.39, 0.29) is 17.7 Å². The Morgan fingerprint density at radius 1 is 1.11 bits per heavy atom. The summed E-state index contributed by atoms with van der Waals surface area (Å²) in [5, 5.41) is 14.4. The molecule has 5 rings (SSSR count). The van der Waals surface area contributed by atoms with Gasteiger partial charge in [0.2, 0.25) is 0 Å². The summed E-state index contributed by atoms with van der Waals surface area (Å²) in [6, 6.07) is 21.1. The molecule has 1 amide bonds. The largest absolute Gasteiger partial charge is 0.491 e. The number of hydrogen-bond acceptors (Lipinski definition) is 6. The van der Waals surface area contributed by atoms with Crippen molar-refractivity contribution in [3.63, 3.8) is 0 Å². The predicted octanol–water partition coefficient (Wildman–Crippen LogP) is 4.80. The summed E-state index contributed by atoms with van der Waals surface area (Å²) in [4.78, 5) is 19.9. The van der Waals surface area contributed by atoms with Gasteiger partial charge >= 0.3 is 0 Å². The number of carbonyl (C=O) groups is 1. The van der Waals surface area contributed by atoms with Crippen molar-refractivity contribution in [1.29, 1.82) is 0 Å². The minimum absolute atomic E-state index is 0.0380. The van der Waals surface area contributed by atoms with Crippen LogP contribution >= 0.6 is 0 Å². The van der Waals surface area contributed by atoms with Gasteiger partial charge in [-0.25, -0.2) is 9.50 Å². The molecule has 9 heteroatoms. The van der Waals surface area contributed by atoms with Crippen LogP contribution in [0, 0.1) is 0 Å². The molecule has 0 unspecified atom stereocenters. The highest BCUT2D eigenvalue weighted by atomic mass is 16.5. The summed E-state index contributed by atoms with van der Waals surface area (Å²) in [5.41, 5.74) is 4.22. The Balaban J connectivity index is 1.47. The molecule has 0 atom stereocenters. The second kappa shape index (κ2) is 9.91. The lowest BCUT2D eigenvalue weighted by Crippen LogP contribution is -2.18. The van der Waals surface area contributed by atoms with Gasteiger partial charge in [0.25, 0.3) is 5.91 Å². The zero-order chi connectivity index (χ0) is 25.1. The van der Waals surface area contributed by atoms with Crippen molar-refractivity contribution >= 4 is 23.1 Å². The number of H-pyrrole nitrogens is 1. The van der Waals surface area contributed by atoms with E-state index in [2.05, 4.69) is 37.6 Å². The van der Waals surface area contributed by atoms with Crippen LogP contribution in [0.4, 0.5) is 11.5 Å². The maximum atomic E-state index is 13.1. The third-order valence-electron chi connectivity index (χ3n) is 5.56. The van der Waals surface area contributed by atoms with Crippen LogP contribution in [0.3, 0.4) is 0 Å². The van der Waals surface area contributed by atoms with E-state index < -0.39 is 0 Å². The van der Waals surface area contributed by atoms with Crippen LogP contribution in [0.2, 0.25) is 0 Å². The molecule has 2 aromatic carbocycles. The minimum Gasteiger partial charge on any atom is -0.491 e. The Hall–Kier alpha value is -4.66. The number of amides is 1. The number of fused-ring (bicyclic) bond motifs is 1. The number of anilines is 2. The zero-order valence-electron chi connectivity index (χ0n) is 20.3. The maximum Gasteiger partial charge on any atom is 0.276 e. The second-order valence-corrected chi connectivity index (χ2v) is 8.78. The Morgan fingerprint density at radius 2 is 1.94 bits per heavy atom. The van der Waals surface area contributed by atoms with Gasteiger partial charge in [0.05, 0.1) is 18.0 Å². The number of hydrogen-bond donors (Lipinski definition) is 2. The number of benzene rings is 2. The van der Waals surface area contributed by atoms with Crippen LogP contribution in [0.25, 0.3) is 16.9 Å². The molecule has 182 valence electrons. The third kappa shape index (κ3) is 5.05. The van der Waals surface area contributed by atoms with Gasteiger partial charge in [0.1, 0.15) is 11.6 Å². The van der Waals surface area contributed by atoms with Crippen LogP contribution in [0.15, 0.2) is 79.1 Å². The number of carbonyl (C=O) groups excluding carboxylic acids is 1. The average molecular weight is 482 g/mol. The van der Waals surface area contributed by atoms with Gasteiger partial charge in [-0.1, -0.05) is 36.4 Å². The highest BCUT2D eigenvalue weighted by Gasteiger charge is 2.18. The number of rotatable bonds is 8. The molecule has 0 aliphatic rings. The van der Waals surface area contributed by atoms with E-state index in [9.17, 15) is 4.79 Å². The fourth-order valence-electron chi connectivity index (χ4n) is 3.92. The second-order valence-electron chi connectivity index (χ2n) is 8.78. The summed E-state index contributed by atoms with van der Waals surface area (Å²) in [6.07, 6.45) is 3.55. The number of ether oxygens (including phenoxy) is 1. The summed E-state index contributed by atoms with van der Waals surface area (Å²) >= 11 is 0. The topological polar surface area (TPSA) is 100 Å². The normalized spacial score (nSPS) is 11.1. The van der Waals surface area contributed by atoms with Gasteiger partial charge < -0.3 is 15.0 Å². The smallest absolute Gasteiger partial charge is 0.276 e. The average Bonchev–Trinajstić information content (AvgIpc) is 3.54. The van der Waals surface area contributed by atoms with E-state index in [4.69, 9.17) is 9.72 Å². The van der Waals surface area contributed by atoms with Crippen LogP contribution < -0.4 is 15.0 Å². The Bertz CT molecular complexity index is 1480. The highest BCUT2D eigenvalue weighted by Crippen LogP contribution is 2.26. The van der Waals surface area contributed by atoms with E-state index >= 15 is 0 Å². The van der Waals surface area contributed by atoms with Crippen molar-refractivity contribution in [2.24, 2.45) is 0 Å². The van der Waals surface area contributed by atoms with Gasteiger partial charge in [-0.2, -0.15) is 10.2 Å². The van der Waals surface area contributed by atoms with Crippen molar-refractivity contribution in [1.82, 2.24) is 24.8 Å². The standard InChI is InChI=1S/C27H27N7O2/c1-18(2)36-22-11-7-10-21(12-22)30-27(35)23-13-26-31-25(33(3)17-19-8-5-4-6-9-19)14-24(34(26)32-23)20-15-28-29-16-20/h4-16,18H,17H2,1-3H3,(H,28,29)(H,30,35). The maximum absolute atomic E-state index is 13.1. The van der Waals surface area contributed by atoms with Crippen LogP contribution in [0.1, 0.15) is 29.9 Å². The molecule has 0 saturated carbocycles. The fourth-order valence-corrected chi connectivity index (χ4v) is 3.92. The molecular weight excluding hydrogens is 454 g/mol. The predicted molar refractivity (Wildman–Crippen MR) is 139 cm³/mol. The van der Waals surface area contributed by atoms with Crippen LogP contribution in [0.5, 0.6) is 5.75 Å². The molecule has 0 aliphatic carbocycles. The first kappa shape index (κ1) is 23.1. The van der Waals surface area contributed by atoms with E-state index in [1.807, 2.05) is 63.4 Å². The summed E-state index contributed by atoms with van der Waals surface area (Å²) in [6.45, 7) is 4.60. The van der Waals surface area contributed by atoms with E-state index in [0.717, 1.165) is 17.1 Å². The Kier molecular flexibility index (Phi) is 6.36. The monoisotopic (exact) mass is 481 g/mol. The molecule has 2 N–H and O–H groups in total. The third-order valence-corrected chi connectivity index (χ3v) is 5.56. The van der Waals surface area contributed by atoms with Crippen molar-refractivity contribution in [2.75, 3.05) is 17.3 Å². The van der Waals surface area contributed by atoms with Crippen LogP contribution in [-0.2, 0) is 6.54 Å². The SMILES string of the molecule is CC(C)Oc1cccc(NC(=O)c2cc3nc(N(C)Cc4ccccc4)cc(-c4cn[nH]c4)n3n2)c1. The van der Waals surface area contributed by atoms with E-state index in [1.54, 1.807) is 29.0 Å². The Morgan fingerprint density at radius 3 is 2.69 bits per heavy atom. The number of nitrogens with one attached hydrogen (secondary N) is 2. The molecule has 36 heavy (non-hydrogen) atoms. The van der Waals surface area contributed by atoms with Crippen molar-refractivity contribution < 1.29 is 9.53 Å². The summed E-state index contributed by atoms with van der Waals surface area (Å²) in [5.74, 6) is 1.11. The lowest BCUT2D eigenvalue weighted by molar-refractivity contribution is 0.102. The Labute approximate surface area is 208 Å². The molecule has 9 nitrogen and oxygen atoms in total. The lowest BCUT2D eigenvalue weighted by Gasteiger charge is -2.19. The highest BCUT2D eigenvalue weighted by molar-refractivity contribution is 6.03. The molecule has 0 saturated heterocycles. The van der Waals surface area contributed by atoms with Crippen molar-refractivity contribution in [3.8, 4) is 17.0 Å². The first-order chi connectivity index (χ1) is 17.5. The molecular formula is C27H27N7O2. The zero-order valence-corrected chi connectivity index (χ0v) is 20.3. The molecule has 0 bridgehead atoms. The molecule has 0 spiro atoms. The van der Waals surface area contributed by atoms with Crippen molar-refractivity contribution in [3.05, 3.63) is 90.4 Å². The first-order valence-corrected chi connectivity index (χ1v) is 11.7. The van der Waals surface area contributed by atoms with Crippen LogP contribution in [-0.4, -0.2) is 43.9 Å². The van der Waals surface area contributed by atoms with Gasteiger partial charge in [-0.3, -0.25) is 9.89 Å². The number of aromatic amines is 1. The van der Waals surface area contributed by atoms with Gasteiger partial charge in [-0.05, 0) is 31.5 Å². The van der Waals surface area contributed by atoms with Gasteiger partial charge in [0.15, 0.2) is 11.3 Å². The summed E-state index contributed by atoms with van der Waals surface area (Å²) < 4.78 is 7.40. The first-order valence-electron chi connectivity index (χ1n) is 11.7. The molecule has 3 heterocycles. The number of nitrogens with zero attached hydrogens (tertiary/aromatic N) is 5. The van der Waals surface area contributed by atoms with Gasteiger partial charge in [-0.15, -0.1) is 0 Å². The molecule has 0 fully saturated rings. The van der Waals surface area contributed by atoms with E-state index in [0.29, 0.717) is 23.6 Å². The molecule has 3 aromatic heterocycles. The van der Waals surface area contributed by atoms with Gasteiger partial charge in [0, 0.05) is 49.2 Å². The minimum atomic E-state index is -0.334. The quantitative estimate of drug-likeness (QED) is 0.330. The summed E-state index contributed by atoms with van der Waals surface area (Å²) in [7, 11) is 1.99. The van der Waals surface area contributed by atoms with E-state index in [1.165, 1.54) is 5.56 Å².